The van der Waals surface area contributed by atoms with E-state index in [4.69, 9.17) is 4.74 Å². The minimum Gasteiger partial charge on any atom is -0.460 e. The summed E-state index contributed by atoms with van der Waals surface area (Å²) in [4.78, 5) is 12.2. The van der Waals surface area contributed by atoms with Gasteiger partial charge in [0.15, 0.2) is 0 Å². The molecule has 0 aliphatic heterocycles. The van der Waals surface area contributed by atoms with Crippen molar-refractivity contribution in [3.05, 3.63) is 0 Å². The maximum atomic E-state index is 12.2. The fraction of sp³-hybridized carbons (Fsp3) is 0.964. The second-order valence-electron chi connectivity index (χ2n) is 10.1. The van der Waals surface area contributed by atoms with Gasteiger partial charge in [-0.2, -0.15) is 0 Å². The molecule has 0 aromatic carbocycles. The van der Waals surface area contributed by atoms with E-state index in [2.05, 4.69) is 27.7 Å². The second kappa shape index (κ2) is 21.7. The molecule has 0 saturated carbocycles. The van der Waals surface area contributed by atoms with Crippen LogP contribution in [0.2, 0.25) is 0 Å². The molecule has 0 spiro atoms. The molecule has 0 fully saturated rings. The highest BCUT2D eigenvalue weighted by molar-refractivity contribution is 5.69. The summed E-state index contributed by atoms with van der Waals surface area (Å²) in [5, 5.41) is 0. The number of carbonyl (C=O) groups excluding carboxylic acids is 1. The lowest BCUT2D eigenvalue weighted by atomic mass is 9.99. The van der Waals surface area contributed by atoms with Gasteiger partial charge in [0.1, 0.15) is 5.60 Å². The summed E-state index contributed by atoms with van der Waals surface area (Å²) in [6, 6.07) is 0. The third kappa shape index (κ3) is 22.2. The van der Waals surface area contributed by atoms with E-state index >= 15 is 0 Å². The first-order valence-corrected chi connectivity index (χ1v) is 13.7. The van der Waals surface area contributed by atoms with Crippen molar-refractivity contribution in [2.75, 3.05) is 0 Å². The number of carbonyl (C=O) groups is 1. The number of ether oxygens (including phenoxy) is 1. The maximum Gasteiger partial charge on any atom is 0.306 e. The molecule has 0 saturated heterocycles. The van der Waals surface area contributed by atoms with Crippen molar-refractivity contribution in [3.8, 4) is 0 Å². The molecule has 0 aliphatic rings. The highest BCUT2D eigenvalue weighted by Crippen LogP contribution is 2.21. The van der Waals surface area contributed by atoms with Crippen molar-refractivity contribution in [1.82, 2.24) is 0 Å². The van der Waals surface area contributed by atoms with Crippen LogP contribution in [0, 0.1) is 0 Å². The quantitative estimate of drug-likeness (QED) is 0.120. The lowest BCUT2D eigenvalue weighted by Gasteiger charge is -2.25. The number of hydrogen-bond donors (Lipinski definition) is 0. The van der Waals surface area contributed by atoms with Gasteiger partial charge >= 0.3 is 5.97 Å². The maximum absolute atomic E-state index is 12.2. The second-order valence-corrected chi connectivity index (χ2v) is 10.1. The van der Waals surface area contributed by atoms with Crippen LogP contribution in [0.3, 0.4) is 0 Å². The largest absolute Gasteiger partial charge is 0.460 e. The molecular formula is C28H56O2. The fourth-order valence-electron chi connectivity index (χ4n) is 4.21. The third-order valence-corrected chi connectivity index (χ3v) is 6.26. The van der Waals surface area contributed by atoms with Gasteiger partial charge in [-0.25, -0.2) is 0 Å². The van der Waals surface area contributed by atoms with E-state index in [0.717, 1.165) is 12.8 Å². The van der Waals surface area contributed by atoms with E-state index in [1.165, 1.54) is 122 Å². The highest BCUT2D eigenvalue weighted by atomic mass is 16.6. The van der Waals surface area contributed by atoms with Gasteiger partial charge in [0, 0.05) is 6.42 Å². The zero-order chi connectivity index (χ0) is 22.3. The molecular weight excluding hydrogens is 368 g/mol. The van der Waals surface area contributed by atoms with Gasteiger partial charge in [-0.15, -0.1) is 0 Å². The van der Waals surface area contributed by atoms with Crippen LogP contribution >= 0.6 is 0 Å². The summed E-state index contributed by atoms with van der Waals surface area (Å²) in [6.07, 6.45) is 28.1. The zero-order valence-electron chi connectivity index (χ0n) is 21.4. The van der Waals surface area contributed by atoms with Gasteiger partial charge in [-0.1, -0.05) is 129 Å². The molecule has 180 valence electrons. The predicted molar refractivity (Wildman–Crippen MR) is 133 cm³/mol. The number of unbranched alkanes of at least 4 members (excludes halogenated alkanes) is 18. The summed E-state index contributed by atoms with van der Waals surface area (Å²) in [5.41, 5.74) is -0.296. The summed E-state index contributed by atoms with van der Waals surface area (Å²) in [6.45, 7) is 8.70. The molecule has 0 aliphatic carbocycles. The molecule has 0 atom stereocenters. The van der Waals surface area contributed by atoms with Crippen molar-refractivity contribution in [2.24, 2.45) is 0 Å². The molecule has 0 aromatic rings. The Labute approximate surface area is 190 Å². The van der Waals surface area contributed by atoms with Gasteiger partial charge in [-0.05, 0) is 33.1 Å². The topological polar surface area (TPSA) is 26.3 Å². The predicted octanol–water partition coefficient (Wildman–Crippen LogP) is 9.93. The van der Waals surface area contributed by atoms with Crippen molar-refractivity contribution < 1.29 is 9.53 Å². The first kappa shape index (κ1) is 29.5. The van der Waals surface area contributed by atoms with Gasteiger partial charge in [-0.3, -0.25) is 4.79 Å². The summed E-state index contributed by atoms with van der Waals surface area (Å²) >= 11 is 0. The van der Waals surface area contributed by atoms with Gasteiger partial charge in [0.2, 0.25) is 0 Å². The summed E-state index contributed by atoms with van der Waals surface area (Å²) in [5.74, 6) is 0.00634. The average molecular weight is 425 g/mol. The molecule has 0 radical (unpaired) electrons. The fourth-order valence-corrected chi connectivity index (χ4v) is 4.21. The van der Waals surface area contributed by atoms with E-state index in [9.17, 15) is 4.79 Å². The van der Waals surface area contributed by atoms with Crippen molar-refractivity contribution >= 4 is 5.97 Å². The molecule has 2 nitrogen and oxygen atoms in total. The Morgan fingerprint density at radius 3 is 1.27 bits per heavy atom. The summed E-state index contributed by atoms with van der Waals surface area (Å²) < 4.78 is 5.76. The average Bonchev–Trinajstić information content (AvgIpc) is 2.70. The molecule has 0 aromatic heterocycles. The van der Waals surface area contributed by atoms with E-state index in [1.54, 1.807) is 0 Å². The molecule has 0 bridgehead atoms. The SMILES string of the molecule is CCCCCCCCCCCCCC(=O)OC(C)(C)CCCCCCCCCCC. The van der Waals surface area contributed by atoms with Crippen LogP contribution in [0.4, 0.5) is 0 Å². The van der Waals surface area contributed by atoms with E-state index in [1.807, 2.05) is 0 Å². The van der Waals surface area contributed by atoms with Crippen LogP contribution in [0.15, 0.2) is 0 Å². The Morgan fingerprint density at radius 1 is 0.533 bits per heavy atom. The van der Waals surface area contributed by atoms with Crippen LogP contribution in [0.5, 0.6) is 0 Å². The smallest absolute Gasteiger partial charge is 0.306 e. The molecule has 30 heavy (non-hydrogen) atoms. The standard InChI is InChI=1S/C28H56O2/c1-5-7-9-11-13-15-16-17-19-21-23-25-27(29)30-28(3,4)26-24-22-20-18-14-12-10-8-6-2/h5-26H2,1-4H3. The monoisotopic (exact) mass is 424 g/mol. The zero-order valence-corrected chi connectivity index (χ0v) is 21.4. The lowest BCUT2D eigenvalue weighted by Crippen LogP contribution is -2.27. The Hall–Kier alpha value is -0.530. The normalized spacial score (nSPS) is 11.7. The van der Waals surface area contributed by atoms with Crippen LogP contribution in [-0.4, -0.2) is 11.6 Å². The molecule has 0 amide bonds. The summed E-state index contributed by atoms with van der Waals surface area (Å²) in [7, 11) is 0. The van der Waals surface area contributed by atoms with Crippen LogP contribution in [-0.2, 0) is 9.53 Å². The molecule has 0 unspecified atom stereocenters. The first-order chi connectivity index (χ1) is 14.5. The van der Waals surface area contributed by atoms with Crippen molar-refractivity contribution in [3.63, 3.8) is 0 Å². The van der Waals surface area contributed by atoms with Gasteiger partial charge < -0.3 is 4.74 Å². The minimum absolute atomic E-state index is 0.00634. The van der Waals surface area contributed by atoms with Crippen LogP contribution in [0.1, 0.15) is 169 Å². The third-order valence-electron chi connectivity index (χ3n) is 6.26. The Bertz CT molecular complexity index is 362. The van der Waals surface area contributed by atoms with E-state index in [-0.39, 0.29) is 11.6 Å². The Kier molecular flexibility index (Phi) is 21.3. The number of esters is 1. The van der Waals surface area contributed by atoms with Gasteiger partial charge in [0.25, 0.3) is 0 Å². The van der Waals surface area contributed by atoms with Crippen LogP contribution < -0.4 is 0 Å². The minimum atomic E-state index is -0.296. The van der Waals surface area contributed by atoms with Crippen molar-refractivity contribution in [2.45, 2.75) is 175 Å². The lowest BCUT2D eigenvalue weighted by molar-refractivity contribution is -0.157. The van der Waals surface area contributed by atoms with Crippen LogP contribution in [0.25, 0.3) is 0 Å². The Balaban J connectivity index is 3.48. The van der Waals surface area contributed by atoms with E-state index < -0.39 is 0 Å². The molecule has 0 heterocycles. The van der Waals surface area contributed by atoms with Gasteiger partial charge in [0.05, 0.1) is 0 Å². The van der Waals surface area contributed by atoms with E-state index in [0.29, 0.717) is 6.42 Å². The molecule has 0 rings (SSSR count). The molecule has 0 N–H and O–H groups in total. The van der Waals surface area contributed by atoms with Crippen molar-refractivity contribution in [1.29, 1.82) is 0 Å². The first-order valence-electron chi connectivity index (χ1n) is 13.7. The Morgan fingerprint density at radius 2 is 0.867 bits per heavy atom. The number of hydrogen-bond acceptors (Lipinski definition) is 2. The highest BCUT2D eigenvalue weighted by Gasteiger charge is 2.21. The molecule has 2 heteroatoms. The number of rotatable bonds is 23.